The molecule has 0 amide bonds. The Morgan fingerprint density at radius 1 is 1.41 bits per heavy atom. The van der Waals surface area contributed by atoms with Gasteiger partial charge in [-0.05, 0) is 39.3 Å². The van der Waals surface area contributed by atoms with E-state index in [1.807, 2.05) is 19.2 Å². The van der Waals surface area contributed by atoms with Gasteiger partial charge in [-0.1, -0.05) is 25.1 Å². The molecule has 1 aromatic rings. The first-order chi connectivity index (χ1) is 8.22. The number of aryl methyl sites for hydroxylation is 1. The summed E-state index contributed by atoms with van der Waals surface area (Å²) in [5.41, 5.74) is 1.04. The van der Waals surface area contributed by atoms with E-state index < -0.39 is 0 Å². The van der Waals surface area contributed by atoms with E-state index in [0.717, 1.165) is 23.1 Å². The van der Waals surface area contributed by atoms with Crippen LogP contribution in [0.1, 0.15) is 38.8 Å². The van der Waals surface area contributed by atoms with Gasteiger partial charge in [0, 0.05) is 23.7 Å². The molecule has 0 saturated heterocycles. The third-order valence-electron chi connectivity index (χ3n) is 2.59. The summed E-state index contributed by atoms with van der Waals surface area (Å²) >= 11 is 1.76. The molecule has 1 rings (SSSR count). The maximum Gasteiger partial charge on any atom is 0.187 e. The molecule has 0 aliphatic rings. The number of nitrogens with one attached hydrogen (secondary N) is 1. The highest BCUT2D eigenvalue weighted by atomic mass is 32.2. The standard InChI is InChI=1S/C13H23N3S/c1-4-14-11(2)7-5-6-10-17-13-15-9-8-12(3)16-13/h8-9,11,14H,4-7,10H2,1-3H3. The summed E-state index contributed by atoms with van der Waals surface area (Å²) in [5, 5.41) is 4.34. The summed E-state index contributed by atoms with van der Waals surface area (Å²) in [6.45, 7) is 7.47. The molecule has 0 bridgehead atoms. The Morgan fingerprint density at radius 3 is 2.94 bits per heavy atom. The van der Waals surface area contributed by atoms with Crippen LogP contribution in [0, 0.1) is 6.92 Å². The van der Waals surface area contributed by atoms with Crippen molar-refractivity contribution in [1.29, 1.82) is 0 Å². The second kappa shape index (κ2) is 8.48. The molecule has 0 fully saturated rings. The minimum Gasteiger partial charge on any atom is -0.315 e. The minimum absolute atomic E-state index is 0.639. The van der Waals surface area contributed by atoms with Crippen molar-refractivity contribution < 1.29 is 0 Å². The molecule has 0 spiro atoms. The highest BCUT2D eigenvalue weighted by Crippen LogP contribution is 2.15. The van der Waals surface area contributed by atoms with Crippen molar-refractivity contribution in [1.82, 2.24) is 15.3 Å². The average molecular weight is 253 g/mol. The van der Waals surface area contributed by atoms with Gasteiger partial charge < -0.3 is 5.32 Å². The molecule has 1 aromatic heterocycles. The Bertz CT molecular complexity index is 317. The monoisotopic (exact) mass is 253 g/mol. The first kappa shape index (κ1) is 14.5. The van der Waals surface area contributed by atoms with Crippen molar-refractivity contribution in [2.45, 2.75) is 51.2 Å². The SMILES string of the molecule is CCNC(C)CCCCSc1nccc(C)n1. The van der Waals surface area contributed by atoms with E-state index in [0.29, 0.717) is 6.04 Å². The second-order valence-electron chi connectivity index (χ2n) is 4.28. The lowest BCUT2D eigenvalue weighted by atomic mass is 10.1. The van der Waals surface area contributed by atoms with Gasteiger partial charge in [0.25, 0.3) is 0 Å². The number of hydrogen-bond donors (Lipinski definition) is 1. The Kier molecular flexibility index (Phi) is 7.21. The topological polar surface area (TPSA) is 37.8 Å². The van der Waals surface area contributed by atoms with Crippen LogP contribution in [0.2, 0.25) is 0 Å². The van der Waals surface area contributed by atoms with Gasteiger partial charge >= 0.3 is 0 Å². The van der Waals surface area contributed by atoms with E-state index in [1.54, 1.807) is 11.8 Å². The summed E-state index contributed by atoms with van der Waals surface area (Å²) in [4.78, 5) is 8.62. The number of rotatable bonds is 8. The van der Waals surface area contributed by atoms with Crippen molar-refractivity contribution in [2.75, 3.05) is 12.3 Å². The third-order valence-corrected chi connectivity index (χ3v) is 3.54. The molecular weight excluding hydrogens is 230 g/mol. The molecule has 0 aliphatic carbocycles. The van der Waals surface area contributed by atoms with E-state index in [-0.39, 0.29) is 0 Å². The number of unbranched alkanes of at least 4 members (excludes halogenated alkanes) is 1. The number of nitrogens with zero attached hydrogens (tertiary/aromatic N) is 2. The summed E-state index contributed by atoms with van der Waals surface area (Å²) in [6, 6.07) is 2.57. The van der Waals surface area contributed by atoms with E-state index in [2.05, 4.69) is 29.1 Å². The fourth-order valence-corrected chi connectivity index (χ4v) is 2.54. The zero-order chi connectivity index (χ0) is 12.5. The summed E-state index contributed by atoms with van der Waals surface area (Å²) in [6.07, 6.45) is 5.59. The first-order valence-electron chi connectivity index (χ1n) is 6.38. The van der Waals surface area contributed by atoms with Gasteiger partial charge in [0.05, 0.1) is 0 Å². The molecule has 0 aliphatic heterocycles. The fraction of sp³-hybridized carbons (Fsp3) is 0.692. The molecule has 1 N–H and O–H groups in total. The molecule has 0 radical (unpaired) electrons. The van der Waals surface area contributed by atoms with Crippen molar-refractivity contribution in [3.63, 3.8) is 0 Å². The summed E-state index contributed by atoms with van der Waals surface area (Å²) in [5.74, 6) is 1.11. The van der Waals surface area contributed by atoms with Gasteiger partial charge in [0.2, 0.25) is 0 Å². The molecule has 3 nitrogen and oxygen atoms in total. The van der Waals surface area contributed by atoms with Crippen molar-refractivity contribution in [3.8, 4) is 0 Å². The smallest absolute Gasteiger partial charge is 0.187 e. The van der Waals surface area contributed by atoms with Crippen LogP contribution in [0.5, 0.6) is 0 Å². The molecule has 0 aromatic carbocycles. The van der Waals surface area contributed by atoms with Crippen LogP contribution in [0.15, 0.2) is 17.4 Å². The van der Waals surface area contributed by atoms with Gasteiger partial charge in [0.1, 0.15) is 0 Å². The van der Waals surface area contributed by atoms with Crippen LogP contribution in [0.4, 0.5) is 0 Å². The summed E-state index contributed by atoms with van der Waals surface area (Å²) in [7, 11) is 0. The molecule has 96 valence electrons. The van der Waals surface area contributed by atoms with Gasteiger partial charge in [-0.15, -0.1) is 0 Å². The lowest BCUT2D eigenvalue weighted by molar-refractivity contribution is 0.510. The van der Waals surface area contributed by atoms with Gasteiger partial charge in [0.15, 0.2) is 5.16 Å². The lowest BCUT2D eigenvalue weighted by Gasteiger charge is -2.11. The number of aromatic nitrogens is 2. The van der Waals surface area contributed by atoms with E-state index in [4.69, 9.17) is 0 Å². The van der Waals surface area contributed by atoms with Gasteiger partial charge in [-0.3, -0.25) is 0 Å². The van der Waals surface area contributed by atoms with Crippen molar-refractivity contribution in [3.05, 3.63) is 18.0 Å². The van der Waals surface area contributed by atoms with Crippen LogP contribution in [0.25, 0.3) is 0 Å². The van der Waals surface area contributed by atoms with E-state index >= 15 is 0 Å². The molecule has 4 heteroatoms. The average Bonchev–Trinajstić information content (AvgIpc) is 2.29. The quantitative estimate of drug-likeness (QED) is 0.439. The Hall–Kier alpha value is -0.610. The highest BCUT2D eigenvalue weighted by molar-refractivity contribution is 7.99. The van der Waals surface area contributed by atoms with Crippen LogP contribution in [-0.4, -0.2) is 28.3 Å². The summed E-state index contributed by atoms with van der Waals surface area (Å²) < 4.78 is 0. The van der Waals surface area contributed by atoms with Gasteiger partial charge in [-0.2, -0.15) is 0 Å². The molecule has 1 atom stereocenters. The minimum atomic E-state index is 0.639. The normalized spacial score (nSPS) is 12.6. The molecule has 17 heavy (non-hydrogen) atoms. The Morgan fingerprint density at radius 2 is 2.24 bits per heavy atom. The predicted octanol–water partition coefficient (Wildman–Crippen LogP) is 3.05. The van der Waals surface area contributed by atoms with Crippen molar-refractivity contribution >= 4 is 11.8 Å². The van der Waals surface area contributed by atoms with Crippen molar-refractivity contribution in [2.24, 2.45) is 0 Å². The predicted molar refractivity (Wildman–Crippen MR) is 74.5 cm³/mol. The molecule has 0 saturated carbocycles. The zero-order valence-electron chi connectivity index (χ0n) is 11.1. The molecule has 1 unspecified atom stereocenters. The number of thioether (sulfide) groups is 1. The van der Waals surface area contributed by atoms with Crippen LogP contribution >= 0.6 is 11.8 Å². The first-order valence-corrected chi connectivity index (χ1v) is 7.36. The Balaban J connectivity index is 2.08. The third kappa shape index (κ3) is 6.64. The largest absolute Gasteiger partial charge is 0.315 e. The van der Waals surface area contributed by atoms with Crippen LogP contribution < -0.4 is 5.32 Å². The van der Waals surface area contributed by atoms with Gasteiger partial charge in [-0.25, -0.2) is 9.97 Å². The lowest BCUT2D eigenvalue weighted by Crippen LogP contribution is -2.25. The Labute approximate surface area is 109 Å². The molecule has 1 heterocycles. The molecular formula is C13H23N3S. The fourth-order valence-electron chi connectivity index (χ4n) is 1.66. The maximum atomic E-state index is 4.37. The zero-order valence-corrected chi connectivity index (χ0v) is 11.9. The van der Waals surface area contributed by atoms with Crippen LogP contribution in [-0.2, 0) is 0 Å². The van der Waals surface area contributed by atoms with E-state index in [9.17, 15) is 0 Å². The maximum absolute atomic E-state index is 4.37. The highest BCUT2D eigenvalue weighted by Gasteiger charge is 2.00. The second-order valence-corrected chi connectivity index (χ2v) is 5.35. The van der Waals surface area contributed by atoms with E-state index in [1.165, 1.54) is 19.3 Å². The number of hydrogen-bond acceptors (Lipinski definition) is 4. The van der Waals surface area contributed by atoms with Crippen LogP contribution in [0.3, 0.4) is 0 Å².